The topological polar surface area (TPSA) is 90.8 Å². The quantitative estimate of drug-likeness (QED) is 0.598. The Hall–Kier alpha value is -3.77. The molecule has 0 radical (unpaired) electrons. The molecule has 0 saturated heterocycles. The van der Waals surface area contributed by atoms with Crippen LogP contribution in [0.15, 0.2) is 58.1 Å². The minimum Gasteiger partial charge on any atom is -0.508 e. The summed E-state index contributed by atoms with van der Waals surface area (Å²) >= 11 is 0. The number of aromatic hydroxyl groups is 1. The fraction of sp³-hybridized carbons (Fsp3) is 0.182. The third-order valence-electron chi connectivity index (χ3n) is 4.69. The molecule has 0 spiro atoms. The second kappa shape index (κ2) is 7.18. The maximum absolute atomic E-state index is 13.8. The van der Waals surface area contributed by atoms with Crippen LogP contribution < -0.4 is 5.48 Å². The summed E-state index contributed by atoms with van der Waals surface area (Å²) in [5, 5.41) is 19.1. The second-order valence-electron chi connectivity index (χ2n) is 7.38. The summed E-state index contributed by atoms with van der Waals surface area (Å²) in [7, 11) is 0. The lowest BCUT2D eigenvalue weighted by molar-refractivity contribution is -0.137. The van der Waals surface area contributed by atoms with E-state index in [-0.39, 0.29) is 39.6 Å². The van der Waals surface area contributed by atoms with E-state index in [0.717, 1.165) is 12.1 Å². The number of nitriles is 1. The lowest BCUT2D eigenvalue weighted by Crippen LogP contribution is -2.24. The number of nitrogens with one attached hydrogen (secondary N) is 1. The van der Waals surface area contributed by atoms with Gasteiger partial charge in [-0.2, -0.15) is 18.4 Å². The highest BCUT2D eigenvalue weighted by Crippen LogP contribution is 2.42. The van der Waals surface area contributed by atoms with Crippen molar-refractivity contribution in [1.82, 2.24) is 5.48 Å². The number of aliphatic imine (C=N–C) groups is 1. The number of benzene rings is 2. The number of halogens is 3. The molecule has 1 aliphatic heterocycles. The molecule has 0 unspecified atom stereocenters. The lowest BCUT2D eigenvalue weighted by atomic mass is 9.89. The Morgan fingerprint density at radius 1 is 1.10 bits per heavy atom. The molecular weight excluding hydrogens is 411 g/mol. The van der Waals surface area contributed by atoms with Crippen molar-refractivity contribution in [3.8, 4) is 34.3 Å². The van der Waals surface area contributed by atoms with Crippen LogP contribution in [-0.4, -0.2) is 16.7 Å². The molecule has 2 aromatic carbocycles. The van der Waals surface area contributed by atoms with Crippen LogP contribution in [0.2, 0.25) is 0 Å². The Labute approximate surface area is 175 Å². The summed E-state index contributed by atoms with van der Waals surface area (Å²) in [4.78, 5) is 9.70. The predicted octanol–water partition coefficient (Wildman–Crippen LogP) is 5.23. The second-order valence-corrected chi connectivity index (χ2v) is 7.38. The average Bonchev–Trinajstić information content (AvgIpc) is 3.32. The summed E-state index contributed by atoms with van der Waals surface area (Å²) in [6.45, 7) is 3.30. The molecule has 2 N–H and O–H groups in total. The van der Waals surface area contributed by atoms with Gasteiger partial charge in [0.15, 0.2) is 17.3 Å². The van der Waals surface area contributed by atoms with E-state index in [4.69, 9.17) is 9.25 Å². The molecule has 4 rings (SSSR count). The van der Waals surface area contributed by atoms with E-state index in [0.29, 0.717) is 5.56 Å². The van der Waals surface area contributed by atoms with Crippen LogP contribution in [0.25, 0.3) is 22.5 Å². The Morgan fingerprint density at radius 3 is 2.35 bits per heavy atom. The first-order valence-corrected chi connectivity index (χ1v) is 9.16. The number of nitrogens with zero attached hydrogens (tertiary/aromatic N) is 2. The van der Waals surface area contributed by atoms with Gasteiger partial charge in [0.1, 0.15) is 11.8 Å². The van der Waals surface area contributed by atoms with Gasteiger partial charge >= 0.3 is 6.18 Å². The van der Waals surface area contributed by atoms with E-state index in [9.17, 15) is 23.5 Å². The highest BCUT2D eigenvalue weighted by atomic mass is 19.4. The molecule has 0 bridgehead atoms. The largest absolute Gasteiger partial charge is 0.508 e. The summed E-state index contributed by atoms with van der Waals surface area (Å²) < 4.78 is 46.9. The van der Waals surface area contributed by atoms with E-state index in [1.54, 1.807) is 13.8 Å². The number of alkyl halides is 3. The molecule has 0 saturated carbocycles. The molecule has 3 aromatic rings. The molecule has 2 heterocycles. The molecule has 1 aromatic heterocycles. The molecule has 0 amide bonds. The zero-order valence-electron chi connectivity index (χ0n) is 16.4. The van der Waals surface area contributed by atoms with Gasteiger partial charge in [-0.15, -0.1) is 0 Å². The molecule has 9 heteroatoms. The summed E-state index contributed by atoms with van der Waals surface area (Å²) in [5.74, 6) is 0.139. The Balaban J connectivity index is 2.11. The summed E-state index contributed by atoms with van der Waals surface area (Å²) in [5.41, 5.74) is 1.69. The predicted molar refractivity (Wildman–Crippen MR) is 106 cm³/mol. The molecular formula is C22H16F3N3O3. The highest BCUT2D eigenvalue weighted by Gasteiger charge is 2.36. The van der Waals surface area contributed by atoms with Crippen molar-refractivity contribution in [2.75, 3.05) is 0 Å². The Bertz CT molecular complexity index is 1220. The van der Waals surface area contributed by atoms with Crippen LogP contribution in [0.4, 0.5) is 13.2 Å². The van der Waals surface area contributed by atoms with Crippen molar-refractivity contribution >= 4 is 5.84 Å². The van der Waals surface area contributed by atoms with E-state index in [1.165, 1.54) is 36.6 Å². The smallest absolute Gasteiger partial charge is 0.416 e. The lowest BCUT2D eigenvalue weighted by Gasteiger charge is -2.18. The van der Waals surface area contributed by atoms with Gasteiger partial charge in [0.25, 0.3) is 0 Å². The van der Waals surface area contributed by atoms with E-state index in [1.807, 2.05) is 6.07 Å². The summed E-state index contributed by atoms with van der Waals surface area (Å²) in [6.07, 6.45) is -3.35. The fourth-order valence-electron chi connectivity index (χ4n) is 3.30. The van der Waals surface area contributed by atoms with Gasteiger partial charge in [-0.3, -0.25) is 0 Å². The van der Waals surface area contributed by atoms with Crippen LogP contribution in [0.3, 0.4) is 0 Å². The minimum absolute atomic E-state index is 0.0369. The minimum atomic E-state index is -4.64. The van der Waals surface area contributed by atoms with E-state index < -0.39 is 17.5 Å². The van der Waals surface area contributed by atoms with Crippen LogP contribution in [0.5, 0.6) is 5.75 Å². The maximum Gasteiger partial charge on any atom is 0.416 e. The molecule has 0 atom stereocenters. The van der Waals surface area contributed by atoms with Crippen molar-refractivity contribution in [2.24, 2.45) is 4.99 Å². The molecule has 31 heavy (non-hydrogen) atoms. The van der Waals surface area contributed by atoms with Gasteiger partial charge < -0.3 is 9.52 Å². The Kier molecular flexibility index (Phi) is 4.75. The van der Waals surface area contributed by atoms with Gasteiger partial charge in [-0.05, 0) is 55.3 Å². The van der Waals surface area contributed by atoms with Crippen molar-refractivity contribution in [3.05, 3.63) is 65.4 Å². The number of phenolic OH excluding ortho intramolecular Hbond substituents is 1. The van der Waals surface area contributed by atoms with Crippen LogP contribution in [0, 0.1) is 11.3 Å². The first-order chi connectivity index (χ1) is 14.6. The van der Waals surface area contributed by atoms with Gasteiger partial charge in [0.05, 0.1) is 17.4 Å². The van der Waals surface area contributed by atoms with Crippen LogP contribution >= 0.6 is 0 Å². The van der Waals surface area contributed by atoms with Gasteiger partial charge in [-0.25, -0.2) is 15.3 Å². The van der Waals surface area contributed by atoms with Crippen molar-refractivity contribution < 1.29 is 27.5 Å². The van der Waals surface area contributed by atoms with Crippen molar-refractivity contribution in [1.29, 1.82) is 5.26 Å². The first-order valence-electron chi connectivity index (χ1n) is 9.16. The van der Waals surface area contributed by atoms with Crippen molar-refractivity contribution in [3.63, 3.8) is 0 Å². The van der Waals surface area contributed by atoms with E-state index >= 15 is 0 Å². The fourth-order valence-corrected chi connectivity index (χ4v) is 3.30. The van der Waals surface area contributed by atoms with Crippen LogP contribution in [-0.2, 0) is 11.0 Å². The average molecular weight is 427 g/mol. The number of phenols is 1. The van der Waals surface area contributed by atoms with Gasteiger partial charge in [0, 0.05) is 11.1 Å². The Morgan fingerprint density at radius 2 is 1.77 bits per heavy atom. The monoisotopic (exact) mass is 427 g/mol. The zero-order chi connectivity index (χ0) is 22.4. The molecule has 0 aliphatic carbocycles. The number of hydroxylamine groups is 1. The number of amidine groups is 1. The zero-order valence-corrected chi connectivity index (χ0v) is 16.4. The van der Waals surface area contributed by atoms with Gasteiger partial charge in [-0.1, -0.05) is 12.1 Å². The molecule has 1 aliphatic rings. The number of hydrogen-bond donors (Lipinski definition) is 2. The molecule has 6 nitrogen and oxygen atoms in total. The molecule has 158 valence electrons. The maximum atomic E-state index is 13.8. The normalized spacial score (nSPS) is 15.3. The number of furan rings is 1. The first kappa shape index (κ1) is 20.5. The third kappa shape index (κ3) is 3.85. The molecule has 0 fully saturated rings. The number of rotatable bonds is 3. The summed E-state index contributed by atoms with van der Waals surface area (Å²) in [6, 6.07) is 11.0. The highest BCUT2D eigenvalue weighted by molar-refractivity contribution is 6.08. The van der Waals surface area contributed by atoms with Crippen molar-refractivity contribution in [2.45, 2.75) is 25.7 Å². The van der Waals surface area contributed by atoms with Crippen LogP contribution in [0.1, 0.15) is 30.5 Å². The third-order valence-corrected chi connectivity index (χ3v) is 4.69. The SMILES string of the molecule is CC1(C)N=C(c2cc(C(F)(F)F)cc(-c3ccc(O)cc3)c2-c2occc2C#N)NO1. The van der Waals surface area contributed by atoms with Gasteiger partial charge in [0.2, 0.25) is 0 Å². The van der Waals surface area contributed by atoms with E-state index in [2.05, 4.69) is 10.5 Å². The number of hydrogen-bond acceptors (Lipinski definition) is 6. The standard InChI is InChI=1S/C22H16F3N3O3/c1-21(2)27-20(28-31-21)17-10-14(22(23,24)25)9-16(12-3-5-15(29)6-4-12)18(17)19-13(11-26)7-8-30-19/h3-10,29H,1-2H3,(H,27,28).